The Morgan fingerprint density at radius 3 is 2.53 bits per heavy atom. The lowest BCUT2D eigenvalue weighted by molar-refractivity contribution is 0.461. The Balaban J connectivity index is 1.97. The van der Waals surface area contributed by atoms with E-state index in [-0.39, 0.29) is 4.90 Å². The molecule has 0 spiro atoms. The minimum Gasteiger partial charge on any atom is -0.317 e. The van der Waals surface area contributed by atoms with Crippen LogP contribution in [0.15, 0.2) is 34.3 Å². The molecule has 0 saturated carbocycles. The van der Waals surface area contributed by atoms with Crippen molar-refractivity contribution in [2.45, 2.75) is 24.7 Å². The number of hydrogen-bond donors (Lipinski definition) is 2. The summed E-state index contributed by atoms with van der Waals surface area (Å²) in [5.74, 6) is 0.349. The maximum absolute atomic E-state index is 11.9. The molecule has 0 aliphatic carbocycles. The lowest BCUT2D eigenvalue weighted by atomic mass is 10.00. The summed E-state index contributed by atoms with van der Waals surface area (Å²) in [6.07, 6.45) is 3.69. The van der Waals surface area contributed by atoms with Gasteiger partial charge in [-0.2, -0.15) is 13.5 Å². The molecule has 0 unspecified atom stereocenters. The van der Waals surface area contributed by atoms with Gasteiger partial charge in [0.15, 0.2) is 0 Å². The van der Waals surface area contributed by atoms with Crippen molar-refractivity contribution in [3.05, 3.63) is 29.8 Å². The summed E-state index contributed by atoms with van der Waals surface area (Å²) in [6, 6.07) is 6.70. The van der Waals surface area contributed by atoms with Crippen molar-refractivity contribution < 1.29 is 8.42 Å². The van der Waals surface area contributed by atoms with E-state index in [4.69, 9.17) is 0 Å². The lowest BCUT2D eigenvalue weighted by Crippen LogP contribution is -2.29. The Hall–Kier alpha value is -1.40. The van der Waals surface area contributed by atoms with Crippen LogP contribution in [0.1, 0.15) is 18.4 Å². The Morgan fingerprint density at radius 2 is 1.89 bits per heavy atom. The number of nitrogens with zero attached hydrogens (tertiary/aromatic N) is 1. The first kappa shape index (κ1) is 14.0. The maximum Gasteiger partial charge on any atom is 0.276 e. The molecule has 104 valence electrons. The number of piperidine rings is 1. The third kappa shape index (κ3) is 4.04. The largest absolute Gasteiger partial charge is 0.317 e. The molecule has 19 heavy (non-hydrogen) atoms. The van der Waals surface area contributed by atoms with Crippen LogP contribution >= 0.6 is 0 Å². The van der Waals surface area contributed by atoms with Crippen LogP contribution in [0.3, 0.4) is 0 Å². The van der Waals surface area contributed by atoms with Crippen molar-refractivity contribution in [2.24, 2.45) is 11.0 Å². The van der Waals surface area contributed by atoms with Crippen molar-refractivity contribution in [1.82, 2.24) is 10.1 Å². The molecule has 1 saturated heterocycles. The Morgan fingerprint density at radius 1 is 1.26 bits per heavy atom. The Kier molecular flexibility index (Phi) is 4.55. The molecule has 2 rings (SSSR count). The molecule has 6 heteroatoms. The van der Waals surface area contributed by atoms with E-state index >= 15 is 0 Å². The summed E-state index contributed by atoms with van der Waals surface area (Å²) in [5, 5.41) is 7.13. The van der Waals surface area contributed by atoms with Crippen molar-refractivity contribution in [2.75, 3.05) is 13.1 Å². The molecule has 2 N–H and O–H groups in total. The van der Waals surface area contributed by atoms with Gasteiger partial charge in [-0.05, 0) is 50.9 Å². The second-order valence-electron chi connectivity index (χ2n) is 4.77. The van der Waals surface area contributed by atoms with Crippen LogP contribution in [0, 0.1) is 12.8 Å². The van der Waals surface area contributed by atoms with Gasteiger partial charge in [0.25, 0.3) is 10.0 Å². The van der Waals surface area contributed by atoms with Crippen LogP contribution < -0.4 is 10.1 Å². The van der Waals surface area contributed by atoms with Gasteiger partial charge in [-0.1, -0.05) is 17.7 Å². The average Bonchev–Trinajstić information content (AvgIpc) is 2.40. The van der Waals surface area contributed by atoms with Gasteiger partial charge in [0.2, 0.25) is 0 Å². The number of benzene rings is 1. The summed E-state index contributed by atoms with van der Waals surface area (Å²) < 4.78 is 23.9. The van der Waals surface area contributed by atoms with Crippen LogP contribution in [0.25, 0.3) is 0 Å². The summed E-state index contributed by atoms with van der Waals surface area (Å²) in [5.41, 5.74) is 1.03. The first-order chi connectivity index (χ1) is 9.08. The summed E-state index contributed by atoms with van der Waals surface area (Å²) >= 11 is 0. The van der Waals surface area contributed by atoms with E-state index in [1.54, 1.807) is 30.5 Å². The third-order valence-corrected chi connectivity index (χ3v) is 4.41. The van der Waals surface area contributed by atoms with Crippen molar-refractivity contribution in [1.29, 1.82) is 0 Å². The highest BCUT2D eigenvalue weighted by atomic mass is 32.2. The van der Waals surface area contributed by atoms with Crippen molar-refractivity contribution in [3.8, 4) is 0 Å². The quantitative estimate of drug-likeness (QED) is 0.645. The van der Waals surface area contributed by atoms with Gasteiger partial charge in [0.05, 0.1) is 4.90 Å². The zero-order chi connectivity index (χ0) is 13.7. The van der Waals surface area contributed by atoms with Crippen LogP contribution in [-0.2, 0) is 10.0 Å². The molecule has 0 radical (unpaired) electrons. The van der Waals surface area contributed by atoms with Crippen LogP contribution in [0.5, 0.6) is 0 Å². The summed E-state index contributed by atoms with van der Waals surface area (Å²) in [7, 11) is -3.54. The predicted molar refractivity (Wildman–Crippen MR) is 75.6 cm³/mol. The monoisotopic (exact) mass is 281 g/mol. The standard InChI is InChI=1S/C13H19N3O2S/c1-11-2-4-13(5-3-11)19(17,18)16-15-10-12-6-8-14-9-7-12/h2-5,10,12,14,16H,6-9H2,1H3. The number of aryl methyl sites for hydroxylation is 1. The minimum absolute atomic E-state index is 0.237. The second kappa shape index (κ2) is 6.16. The van der Waals surface area contributed by atoms with Crippen molar-refractivity contribution in [3.63, 3.8) is 0 Å². The maximum atomic E-state index is 11.9. The fraction of sp³-hybridized carbons (Fsp3) is 0.462. The highest BCUT2D eigenvalue weighted by Gasteiger charge is 2.13. The topological polar surface area (TPSA) is 70.6 Å². The predicted octanol–water partition coefficient (Wildman–Crippen LogP) is 1.26. The fourth-order valence-electron chi connectivity index (χ4n) is 1.97. The molecule has 1 aliphatic heterocycles. The first-order valence-corrected chi connectivity index (χ1v) is 7.88. The van der Waals surface area contributed by atoms with Gasteiger partial charge in [0, 0.05) is 6.21 Å². The average molecular weight is 281 g/mol. The molecular formula is C13H19N3O2S. The van der Waals surface area contributed by atoms with Crippen LogP contribution in [-0.4, -0.2) is 27.7 Å². The molecule has 1 aromatic rings. The van der Waals surface area contributed by atoms with Gasteiger partial charge >= 0.3 is 0 Å². The number of hydrazone groups is 1. The van der Waals surface area contributed by atoms with Gasteiger partial charge in [0.1, 0.15) is 0 Å². The van der Waals surface area contributed by atoms with Crippen LogP contribution in [0.4, 0.5) is 0 Å². The zero-order valence-electron chi connectivity index (χ0n) is 11.0. The Bertz CT molecular complexity index is 532. The van der Waals surface area contributed by atoms with E-state index in [2.05, 4.69) is 15.2 Å². The number of rotatable bonds is 4. The molecule has 1 fully saturated rings. The Labute approximate surface area is 114 Å². The molecular weight excluding hydrogens is 262 g/mol. The molecule has 1 aliphatic rings. The van der Waals surface area contributed by atoms with Gasteiger partial charge in [-0.3, -0.25) is 0 Å². The van der Waals surface area contributed by atoms with E-state index in [1.165, 1.54) is 0 Å². The molecule has 0 aromatic heterocycles. The highest BCUT2D eigenvalue weighted by molar-refractivity contribution is 7.89. The smallest absolute Gasteiger partial charge is 0.276 e. The zero-order valence-corrected chi connectivity index (χ0v) is 11.8. The number of nitrogens with one attached hydrogen (secondary N) is 2. The molecule has 0 bridgehead atoms. The number of sulfonamides is 1. The van der Waals surface area contributed by atoms with E-state index in [0.717, 1.165) is 31.5 Å². The van der Waals surface area contributed by atoms with Crippen molar-refractivity contribution >= 4 is 16.2 Å². The van der Waals surface area contributed by atoms with E-state index < -0.39 is 10.0 Å². The molecule has 1 heterocycles. The summed E-state index contributed by atoms with van der Waals surface area (Å²) in [4.78, 5) is 2.50. The lowest BCUT2D eigenvalue weighted by Gasteiger charge is -2.18. The van der Waals surface area contributed by atoms with Crippen LogP contribution in [0.2, 0.25) is 0 Å². The second-order valence-corrected chi connectivity index (χ2v) is 6.43. The highest BCUT2D eigenvalue weighted by Crippen LogP contribution is 2.11. The molecule has 0 amide bonds. The fourth-order valence-corrected chi connectivity index (χ4v) is 2.77. The first-order valence-electron chi connectivity index (χ1n) is 6.40. The number of hydrogen-bond acceptors (Lipinski definition) is 4. The van der Waals surface area contributed by atoms with E-state index in [1.807, 2.05) is 6.92 Å². The normalized spacial score (nSPS) is 17.7. The molecule has 1 aromatic carbocycles. The van der Waals surface area contributed by atoms with Gasteiger partial charge < -0.3 is 5.32 Å². The molecule has 5 nitrogen and oxygen atoms in total. The van der Waals surface area contributed by atoms with Gasteiger partial charge in [-0.25, -0.2) is 4.83 Å². The van der Waals surface area contributed by atoms with E-state index in [9.17, 15) is 8.42 Å². The summed E-state index contributed by atoms with van der Waals surface area (Å²) in [6.45, 7) is 3.84. The minimum atomic E-state index is -3.54. The third-order valence-electron chi connectivity index (χ3n) is 3.17. The SMILES string of the molecule is Cc1ccc(S(=O)(=O)NN=CC2CCNCC2)cc1. The molecule has 0 atom stereocenters. The van der Waals surface area contributed by atoms with E-state index in [0.29, 0.717) is 5.92 Å². The van der Waals surface area contributed by atoms with Gasteiger partial charge in [-0.15, -0.1) is 0 Å².